The van der Waals surface area contributed by atoms with Crippen LogP contribution in [0.3, 0.4) is 0 Å². The van der Waals surface area contributed by atoms with Gasteiger partial charge in [-0.2, -0.15) is 0 Å². The van der Waals surface area contributed by atoms with E-state index in [1.807, 2.05) is 18.2 Å². The standard InChI is InChI=1S/C17H19N3O2S/c1-13-15(10-5-11-16(13)20(21)22)19-17(23)18-12-6-9-14-7-3-2-4-8-14/h2-5,7-8,10-11H,6,9,12H2,1H3,(H2,18,19,23). The Morgan fingerprint density at radius 2 is 1.91 bits per heavy atom. The highest BCUT2D eigenvalue weighted by Gasteiger charge is 2.13. The molecule has 0 spiro atoms. The fraction of sp³-hybridized carbons (Fsp3) is 0.235. The third-order valence-electron chi connectivity index (χ3n) is 3.52. The molecule has 120 valence electrons. The van der Waals surface area contributed by atoms with Gasteiger partial charge in [0.15, 0.2) is 5.11 Å². The Balaban J connectivity index is 1.81. The molecule has 2 rings (SSSR count). The van der Waals surface area contributed by atoms with Gasteiger partial charge in [-0.15, -0.1) is 0 Å². The van der Waals surface area contributed by atoms with E-state index in [9.17, 15) is 10.1 Å². The minimum atomic E-state index is -0.392. The highest BCUT2D eigenvalue weighted by molar-refractivity contribution is 7.80. The number of benzene rings is 2. The lowest BCUT2D eigenvalue weighted by Crippen LogP contribution is -2.29. The zero-order valence-corrected chi connectivity index (χ0v) is 13.7. The van der Waals surface area contributed by atoms with Gasteiger partial charge in [-0.1, -0.05) is 36.4 Å². The number of thiocarbonyl (C=S) groups is 1. The molecule has 0 aliphatic heterocycles. The van der Waals surface area contributed by atoms with Crippen molar-refractivity contribution in [2.24, 2.45) is 0 Å². The fourth-order valence-electron chi connectivity index (χ4n) is 2.26. The van der Waals surface area contributed by atoms with Crippen LogP contribution >= 0.6 is 12.2 Å². The molecule has 5 nitrogen and oxygen atoms in total. The predicted molar refractivity (Wildman–Crippen MR) is 96.8 cm³/mol. The van der Waals surface area contributed by atoms with Gasteiger partial charge in [-0.3, -0.25) is 10.1 Å². The molecule has 0 fully saturated rings. The van der Waals surface area contributed by atoms with Gasteiger partial charge < -0.3 is 10.6 Å². The Bertz CT molecular complexity index is 689. The first kappa shape index (κ1) is 16.9. The summed E-state index contributed by atoms with van der Waals surface area (Å²) in [5, 5.41) is 17.6. The Hall–Kier alpha value is -2.47. The smallest absolute Gasteiger partial charge is 0.274 e. The number of nitrogens with one attached hydrogen (secondary N) is 2. The number of hydrogen-bond acceptors (Lipinski definition) is 3. The van der Waals surface area contributed by atoms with Gasteiger partial charge in [0.25, 0.3) is 5.69 Å². The normalized spacial score (nSPS) is 10.1. The minimum absolute atomic E-state index is 0.0851. The highest BCUT2D eigenvalue weighted by Crippen LogP contribution is 2.24. The molecular weight excluding hydrogens is 310 g/mol. The van der Waals surface area contributed by atoms with Gasteiger partial charge in [0.05, 0.1) is 10.5 Å². The molecule has 2 N–H and O–H groups in total. The number of anilines is 1. The molecule has 2 aromatic carbocycles. The third-order valence-corrected chi connectivity index (χ3v) is 3.77. The van der Waals surface area contributed by atoms with Gasteiger partial charge in [0.1, 0.15) is 0 Å². The van der Waals surface area contributed by atoms with Crippen molar-refractivity contribution in [3.63, 3.8) is 0 Å². The van der Waals surface area contributed by atoms with E-state index in [1.54, 1.807) is 19.1 Å². The first-order chi connectivity index (χ1) is 11.1. The van der Waals surface area contributed by atoms with Crippen molar-refractivity contribution < 1.29 is 4.92 Å². The summed E-state index contributed by atoms with van der Waals surface area (Å²) in [4.78, 5) is 10.5. The SMILES string of the molecule is Cc1c(NC(=S)NCCCc2ccccc2)cccc1[N+](=O)[O-]. The second-order valence-corrected chi connectivity index (χ2v) is 5.59. The van der Waals surface area contributed by atoms with Crippen molar-refractivity contribution in [1.29, 1.82) is 0 Å². The Kier molecular flexibility index (Phi) is 6.05. The zero-order chi connectivity index (χ0) is 16.7. The highest BCUT2D eigenvalue weighted by atomic mass is 32.1. The molecule has 0 saturated carbocycles. The van der Waals surface area contributed by atoms with Crippen LogP contribution in [-0.2, 0) is 6.42 Å². The summed E-state index contributed by atoms with van der Waals surface area (Å²) in [6.45, 7) is 2.45. The van der Waals surface area contributed by atoms with E-state index in [2.05, 4.69) is 22.8 Å². The summed E-state index contributed by atoms with van der Waals surface area (Å²) < 4.78 is 0. The summed E-state index contributed by atoms with van der Waals surface area (Å²) in [5.41, 5.74) is 2.61. The third kappa shape index (κ3) is 5.03. The van der Waals surface area contributed by atoms with Crippen molar-refractivity contribution in [3.8, 4) is 0 Å². The number of nitrogens with zero attached hydrogens (tertiary/aromatic N) is 1. The van der Waals surface area contributed by atoms with Crippen molar-refractivity contribution in [2.75, 3.05) is 11.9 Å². The molecule has 0 aliphatic rings. The monoisotopic (exact) mass is 329 g/mol. The van der Waals surface area contributed by atoms with Crippen molar-refractivity contribution in [2.45, 2.75) is 19.8 Å². The summed E-state index contributed by atoms with van der Waals surface area (Å²) in [6, 6.07) is 15.2. The molecule has 0 radical (unpaired) electrons. The van der Waals surface area contributed by atoms with Crippen LogP contribution in [-0.4, -0.2) is 16.6 Å². The maximum absolute atomic E-state index is 10.9. The molecule has 6 heteroatoms. The number of nitro benzene ring substituents is 1. The van der Waals surface area contributed by atoms with Gasteiger partial charge in [0.2, 0.25) is 0 Å². The second kappa shape index (κ2) is 8.24. The first-order valence-corrected chi connectivity index (χ1v) is 7.81. The van der Waals surface area contributed by atoms with E-state index < -0.39 is 4.92 Å². The van der Waals surface area contributed by atoms with E-state index in [1.165, 1.54) is 11.6 Å². The quantitative estimate of drug-likeness (QED) is 0.365. The zero-order valence-electron chi connectivity index (χ0n) is 12.9. The predicted octanol–water partition coefficient (Wildman–Crippen LogP) is 3.82. The van der Waals surface area contributed by atoms with Crippen LogP contribution in [0.4, 0.5) is 11.4 Å². The van der Waals surface area contributed by atoms with Crippen molar-refractivity contribution in [3.05, 3.63) is 69.8 Å². The van der Waals surface area contributed by atoms with Crippen LogP contribution in [0.1, 0.15) is 17.5 Å². The van der Waals surface area contributed by atoms with E-state index in [0.29, 0.717) is 16.4 Å². The number of aryl methyl sites for hydroxylation is 1. The average molecular weight is 329 g/mol. The Morgan fingerprint density at radius 1 is 1.17 bits per heavy atom. The molecule has 0 atom stereocenters. The summed E-state index contributed by atoms with van der Waals surface area (Å²) in [5.74, 6) is 0. The second-order valence-electron chi connectivity index (χ2n) is 5.18. The molecule has 0 aromatic heterocycles. The topological polar surface area (TPSA) is 67.2 Å². The average Bonchev–Trinajstić information content (AvgIpc) is 2.54. The molecular formula is C17H19N3O2S. The van der Waals surface area contributed by atoms with Gasteiger partial charge in [0, 0.05) is 18.3 Å². The maximum Gasteiger partial charge on any atom is 0.274 e. The van der Waals surface area contributed by atoms with Crippen LogP contribution in [0, 0.1) is 17.0 Å². The summed E-state index contributed by atoms with van der Waals surface area (Å²) >= 11 is 5.24. The van der Waals surface area contributed by atoms with Crippen LogP contribution in [0.25, 0.3) is 0 Å². The molecule has 0 aliphatic carbocycles. The Morgan fingerprint density at radius 3 is 2.61 bits per heavy atom. The number of nitro groups is 1. The van der Waals surface area contributed by atoms with Crippen LogP contribution in [0.5, 0.6) is 0 Å². The number of rotatable bonds is 6. The summed E-state index contributed by atoms with van der Waals surface area (Å²) in [6.07, 6.45) is 1.94. The van der Waals surface area contributed by atoms with E-state index >= 15 is 0 Å². The first-order valence-electron chi connectivity index (χ1n) is 7.40. The van der Waals surface area contributed by atoms with Crippen LogP contribution in [0.15, 0.2) is 48.5 Å². The molecule has 23 heavy (non-hydrogen) atoms. The Labute approximate surface area is 140 Å². The van der Waals surface area contributed by atoms with Gasteiger partial charge in [-0.25, -0.2) is 0 Å². The molecule has 0 amide bonds. The van der Waals surface area contributed by atoms with E-state index in [-0.39, 0.29) is 5.69 Å². The van der Waals surface area contributed by atoms with E-state index in [4.69, 9.17) is 12.2 Å². The molecule has 0 bridgehead atoms. The lowest BCUT2D eigenvalue weighted by atomic mass is 10.1. The van der Waals surface area contributed by atoms with Crippen molar-refractivity contribution in [1.82, 2.24) is 5.32 Å². The lowest BCUT2D eigenvalue weighted by molar-refractivity contribution is -0.385. The minimum Gasteiger partial charge on any atom is -0.362 e. The van der Waals surface area contributed by atoms with Crippen LogP contribution in [0.2, 0.25) is 0 Å². The van der Waals surface area contributed by atoms with Crippen molar-refractivity contribution >= 4 is 28.7 Å². The van der Waals surface area contributed by atoms with Gasteiger partial charge in [-0.05, 0) is 43.6 Å². The van der Waals surface area contributed by atoms with Gasteiger partial charge >= 0.3 is 0 Å². The maximum atomic E-state index is 10.9. The molecule has 0 unspecified atom stereocenters. The molecule has 0 saturated heterocycles. The van der Waals surface area contributed by atoms with Crippen LogP contribution < -0.4 is 10.6 Å². The number of hydrogen-bond donors (Lipinski definition) is 2. The van der Waals surface area contributed by atoms with E-state index in [0.717, 1.165) is 19.4 Å². The fourth-order valence-corrected chi connectivity index (χ4v) is 2.47. The molecule has 0 heterocycles. The summed E-state index contributed by atoms with van der Waals surface area (Å²) in [7, 11) is 0. The largest absolute Gasteiger partial charge is 0.362 e. The molecule has 2 aromatic rings. The lowest BCUT2D eigenvalue weighted by Gasteiger charge is -2.12.